The molecule has 104 valence electrons. The Morgan fingerprint density at radius 2 is 1.83 bits per heavy atom. The van der Waals surface area contributed by atoms with Gasteiger partial charge in [-0.25, -0.2) is 4.39 Å². The van der Waals surface area contributed by atoms with Crippen LogP contribution in [0.25, 0.3) is 0 Å². The van der Waals surface area contributed by atoms with Gasteiger partial charge in [-0.3, -0.25) is 4.90 Å². The first-order valence-electron chi connectivity index (χ1n) is 5.57. The van der Waals surface area contributed by atoms with E-state index in [0.717, 1.165) is 36.2 Å². The van der Waals surface area contributed by atoms with E-state index < -0.39 is 0 Å². The summed E-state index contributed by atoms with van der Waals surface area (Å²) in [6.07, 6.45) is 0. The summed E-state index contributed by atoms with van der Waals surface area (Å²) in [5.74, 6) is -0.175. The summed E-state index contributed by atoms with van der Waals surface area (Å²) in [5, 5.41) is 3.32. The molecule has 1 aliphatic rings. The number of nitrogens with zero attached hydrogens (tertiary/aromatic N) is 1. The zero-order valence-corrected chi connectivity index (χ0v) is 13.4. The average Bonchev–Trinajstić information content (AvgIpc) is 2.28. The third-order valence-electron chi connectivity index (χ3n) is 3.07. The van der Waals surface area contributed by atoms with Crippen molar-refractivity contribution in [2.24, 2.45) is 0 Å². The van der Waals surface area contributed by atoms with Crippen LogP contribution in [0.5, 0.6) is 0 Å². The summed E-state index contributed by atoms with van der Waals surface area (Å²) in [6.45, 7) is 6.21. The van der Waals surface area contributed by atoms with Crippen molar-refractivity contribution in [2.45, 2.75) is 13.0 Å². The van der Waals surface area contributed by atoms with E-state index in [9.17, 15) is 4.39 Å². The van der Waals surface area contributed by atoms with Gasteiger partial charge in [0.2, 0.25) is 0 Å². The first-order chi connectivity index (χ1) is 7.66. The fraction of sp³-hybridized carbons (Fsp3) is 0.500. The Balaban J connectivity index is 0.00000144. The molecule has 0 spiro atoms. The molecule has 0 amide bonds. The van der Waals surface area contributed by atoms with Crippen molar-refractivity contribution in [3.8, 4) is 0 Å². The lowest BCUT2D eigenvalue weighted by Gasteiger charge is -2.33. The van der Waals surface area contributed by atoms with E-state index in [-0.39, 0.29) is 36.7 Å². The lowest BCUT2D eigenvalue weighted by atomic mass is 10.1. The second kappa shape index (κ2) is 8.33. The van der Waals surface area contributed by atoms with Crippen LogP contribution >= 0.6 is 40.7 Å². The van der Waals surface area contributed by atoms with Crippen molar-refractivity contribution in [2.75, 3.05) is 26.2 Å². The van der Waals surface area contributed by atoms with Gasteiger partial charge in [0, 0.05) is 36.7 Å². The summed E-state index contributed by atoms with van der Waals surface area (Å²) in [7, 11) is 0. The zero-order valence-electron chi connectivity index (χ0n) is 10.2. The van der Waals surface area contributed by atoms with Crippen molar-refractivity contribution < 1.29 is 4.39 Å². The molecule has 0 bridgehead atoms. The van der Waals surface area contributed by atoms with Crippen molar-refractivity contribution >= 4 is 40.7 Å². The third-order valence-corrected chi connectivity index (χ3v) is 3.52. The minimum atomic E-state index is -0.175. The quantitative estimate of drug-likeness (QED) is 0.870. The van der Waals surface area contributed by atoms with E-state index in [1.807, 2.05) is 6.07 Å². The number of rotatable bonds is 2. The monoisotopic (exact) mass is 358 g/mol. The summed E-state index contributed by atoms with van der Waals surface area (Å²) < 4.78 is 14.1. The highest BCUT2D eigenvalue weighted by molar-refractivity contribution is 9.10. The van der Waals surface area contributed by atoms with Gasteiger partial charge < -0.3 is 5.32 Å². The average molecular weight is 360 g/mol. The van der Waals surface area contributed by atoms with Crippen LogP contribution in [0.2, 0.25) is 0 Å². The van der Waals surface area contributed by atoms with Crippen LogP contribution in [0, 0.1) is 5.82 Å². The molecule has 0 saturated carbocycles. The van der Waals surface area contributed by atoms with Crippen LogP contribution in [-0.4, -0.2) is 31.1 Å². The van der Waals surface area contributed by atoms with Crippen LogP contribution in [0.15, 0.2) is 22.7 Å². The van der Waals surface area contributed by atoms with Crippen LogP contribution in [0.1, 0.15) is 18.5 Å². The highest BCUT2D eigenvalue weighted by Gasteiger charge is 2.18. The molecular weight excluding hydrogens is 342 g/mol. The predicted octanol–water partition coefficient (Wildman–Crippen LogP) is 3.40. The molecule has 0 unspecified atom stereocenters. The van der Waals surface area contributed by atoms with E-state index in [1.54, 1.807) is 6.07 Å². The largest absolute Gasteiger partial charge is 0.314 e. The molecule has 1 atom stereocenters. The van der Waals surface area contributed by atoms with Gasteiger partial charge in [0.15, 0.2) is 0 Å². The van der Waals surface area contributed by atoms with Crippen LogP contribution in [0.4, 0.5) is 4.39 Å². The molecule has 1 N–H and O–H groups in total. The van der Waals surface area contributed by atoms with Gasteiger partial charge >= 0.3 is 0 Å². The second-order valence-corrected chi connectivity index (χ2v) is 5.08. The first-order valence-corrected chi connectivity index (χ1v) is 6.37. The molecule has 1 aromatic rings. The van der Waals surface area contributed by atoms with E-state index in [0.29, 0.717) is 0 Å². The number of nitrogens with one attached hydrogen (secondary N) is 1. The minimum Gasteiger partial charge on any atom is -0.314 e. The van der Waals surface area contributed by atoms with Gasteiger partial charge in [0.1, 0.15) is 5.82 Å². The lowest BCUT2D eigenvalue weighted by Crippen LogP contribution is -2.44. The third kappa shape index (κ3) is 4.67. The maximum absolute atomic E-state index is 13.3. The fourth-order valence-corrected chi connectivity index (χ4v) is 2.58. The van der Waals surface area contributed by atoms with Crippen molar-refractivity contribution in [3.63, 3.8) is 0 Å². The second-order valence-electron chi connectivity index (χ2n) is 4.16. The van der Waals surface area contributed by atoms with Gasteiger partial charge in [0.25, 0.3) is 0 Å². The predicted molar refractivity (Wildman–Crippen MR) is 81.5 cm³/mol. The standard InChI is InChI=1S/C12H16BrFN2.2ClH/c1-9(16-4-2-15-3-5-16)10-6-11(13)8-12(14)7-10;;/h6-9,15H,2-5H2,1H3;2*1H/t9-;;/m0../s1. The number of hydrogen-bond acceptors (Lipinski definition) is 2. The minimum absolute atomic E-state index is 0. The van der Waals surface area contributed by atoms with E-state index in [1.165, 1.54) is 6.07 Å². The Bertz CT molecular complexity index is 353. The summed E-state index contributed by atoms with van der Waals surface area (Å²) in [5.41, 5.74) is 1.04. The molecule has 2 nitrogen and oxygen atoms in total. The van der Waals surface area contributed by atoms with E-state index >= 15 is 0 Å². The highest BCUT2D eigenvalue weighted by atomic mass is 79.9. The van der Waals surface area contributed by atoms with Gasteiger partial charge in [-0.05, 0) is 30.7 Å². The molecule has 1 aromatic carbocycles. The van der Waals surface area contributed by atoms with Crippen molar-refractivity contribution in [1.82, 2.24) is 10.2 Å². The molecule has 0 aliphatic carbocycles. The molecule has 1 fully saturated rings. The van der Waals surface area contributed by atoms with Crippen LogP contribution in [0.3, 0.4) is 0 Å². The summed E-state index contributed by atoms with van der Waals surface area (Å²) >= 11 is 3.33. The summed E-state index contributed by atoms with van der Waals surface area (Å²) in [4.78, 5) is 2.37. The van der Waals surface area contributed by atoms with Crippen molar-refractivity contribution in [3.05, 3.63) is 34.1 Å². The summed E-state index contributed by atoms with van der Waals surface area (Å²) in [6, 6.07) is 5.38. The Labute approximate surface area is 128 Å². The molecule has 1 aliphatic heterocycles. The van der Waals surface area contributed by atoms with Crippen LogP contribution in [-0.2, 0) is 0 Å². The normalized spacial score (nSPS) is 17.5. The molecule has 18 heavy (non-hydrogen) atoms. The van der Waals surface area contributed by atoms with Gasteiger partial charge in [-0.15, -0.1) is 24.8 Å². The molecule has 0 aromatic heterocycles. The van der Waals surface area contributed by atoms with Crippen molar-refractivity contribution in [1.29, 1.82) is 0 Å². The molecular formula is C12H18BrCl2FN2. The zero-order chi connectivity index (χ0) is 11.5. The maximum atomic E-state index is 13.3. The van der Waals surface area contributed by atoms with Gasteiger partial charge in [-0.2, -0.15) is 0 Å². The first kappa shape index (κ1) is 18.1. The number of benzene rings is 1. The van der Waals surface area contributed by atoms with Gasteiger partial charge in [-0.1, -0.05) is 15.9 Å². The topological polar surface area (TPSA) is 15.3 Å². The molecule has 1 saturated heterocycles. The number of piperazine rings is 1. The maximum Gasteiger partial charge on any atom is 0.124 e. The Hall–Kier alpha value is 0.130. The molecule has 6 heteroatoms. The SMILES string of the molecule is C[C@@H](c1cc(F)cc(Br)c1)N1CCNCC1.Cl.Cl. The molecule has 2 rings (SSSR count). The smallest absolute Gasteiger partial charge is 0.124 e. The number of hydrogen-bond donors (Lipinski definition) is 1. The van der Waals surface area contributed by atoms with Crippen LogP contribution < -0.4 is 5.32 Å². The lowest BCUT2D eigenvalue weighted by molar-refractivity contribution is 0.185. The Morgan fingerprint density at radius 3 is 2.39 bits per heavy atom. The highest BCUT2D eigenvalue weighted by Crippen LogP contribution is 2.24. The number of halogens is 4. The Morgan fingerprint density at radius 1 is 1.22 bits per heavy atom. The fourth-order valence-electron chi connectivity index (χ4n) is 2.10. The van der Waals surface area contributed by atoms with Gasteiger partial charge in [0.05, 0.1) is 0 Å². The van der Waals surface area contributed by atoms with E-state index in [2.05, 4.69) is 33.1 Å². The Kier molecular flexibility index (Phi) is 8.39. The van der Waals surface area contributed by atoms with E-state index in [4.69, 9.17) is 0 Å². The molecule has 0 radical (unpaired) electrons. The molecule has 1 heterocycles.